The number of H-pyrrole nitrogens is 1. The van der Waals surface area contributed by atoms with E-state index in [2.05, 4.69) is 25.8 Å². The Morgan fingerprint density at radius 3 is 2.68 bits per heavy atom. The highest BCUT2D eigenvalue weighted by Gasteiger charge is 2.15. The molecule has 130 valence electrons. The Balaban J connectivity index is 1.77. The van der Waals surface area contributed by atoms with Crippen LogP contribution in [0, 0.1) is 0 Å². The van der Waals surface area contributed by atoms with Gasteiger partial charge in [-0.2, -0.15) is 5.10 Å². The number of aliphatic hydroxyl groups excluding tert-OH is 2. The number of fused-ring (bicyclic) bond motifs is 1. The second-order valence-electron chi connectivity index (χ2n) is 5.60. The van der Waals surface area contributed by atoms with Gasteiger partial charge in [-0.05, 0) is 12.5 Å². The number of carbonyl (C=O) groups excluding carboxylic acids is 1. The van der Waals surface area contributed by atoms with Crippen molar-refractivity contribution in [3.05, 3.63) is 53.3 Å². The number of aromatic amines is 1. The minimum atomic E-state index is -0.412. The van der Waals surface area contributed by atoms with E-state index in [1.807, 2.05) is 37.3 Å². The van der Waals surface area contributed by atoms with Gasteiger partial charge >= 0.3 is 6.03 Å². The van der Waals surface area contributed by atoms with Gasteiger partial charge in [-0.3, -0.25) is 10.4 Å². The zero-order valence-electron chi connectivity index (χ0n) is 13.7. The van der Waals surface area contributed by atoms with Crippen LogP contribution in [0.15, 0.2) is 36.4 Å². The summed E-state index contributed by atoms with van der Waals surface area (Å²) in [6.07, 6.45) is 0. The van der Waals surface area contributed by atoms with Crippen molar-refractivity contribution in [3.63, 3.8) is 0 Å². The molecule has 0 radical (unpaired) electrons. The Bertz CT molecular complexity index is 879. The number of anilines is 1. The highest BCUT2D eigenvalue weighted by atomic mass is 16.3. The zero-order valence-corrected chi connectivity index (χ0v) is 13.7. The maximum Gasteiger partial charge on any atom is 0.320 e. The van der Waals surface area contributed by atoms with Crippen LogP contribution in [-0.2, 0) is 13.2 Å². The van der Waals surface area contributed by atoms with Crippen LogP contribution in [0.1, 0.15) is 29.9 Å². The van der Waals surface area contributed by atoms with E-state index in [0.717, 1.165) is 5.56 Å². The van der Waals surface area contributed by atoms with E-state index in [4.69, 9.17) is 0 Å². The van der Waals surface area contributed by atoms with Gasteiger partial charge in [0.25, 0.3) is 0 Å². The van der Waals surface area contributed by atoms with Crippen LogP contribution in [0.4, 0.5) is 10.6 Å². The minimum Gasteiger partial charge on any atom is -0.390 e. The topological polar surface area (TPSA) is 123 Å². The van der Waals surface area contributed by atoms with Gasteiger partial charge in [0.1, 0.15) is 5.82 Å². The number of carbonyl (C=O) groups is 1. The summed E-state index contributed by atoms with van der Waals surface area (Å²) in [6, 6.07) is 10.6. The monoisotopic (exact) mass is 341 g/mol. The molecule has 8 nitrogen and oxygen atoms in total. The largest absolute Gasteiger partial charge is 0.390 e. The first-order valence-electron chi connectivity index (χ1n) is 7.83. The molecule has 1 atom stereocenters. The summed E-state index contributed by atoms with van der Waals surface area (Å²) in [7, 11) is 0. The van der Waals surface area contributed by atoms with Crippen molar-refractivity contribution in [1.82, 2.24) is 20.5 Å². The number of aromatic nitrogens is 3. The molecule has 0 bridgehead atoms. The van der Waals surface area contributed by atoms with Crippen LogP contribution in [0.25, 0.3) is 10.9 Å². The van der Waals surface area contributed by atoms with Crippen LogP contribution in [0.2, 0.25) is 0 Å². The van der Waals surface area contributed by atoms with Gasteiger partial charge in [0.2, 0.25) is 0 Å². The number of hydrogen-bond donors (Lipinski definition) is 5. The molecule has 3 aromatic rings. The Hall–Kier alpha value is -2.97. The first-order valence-corrected chi connectivity index (χ1v) is 7.83. The lowest BCUT2D eigenvalue weighted by atomic mass is 10.1. The first kappa shape index (κ1) is 16.9. The van der Waals surface area contributed by atoms with Gasteiger partial charge in [0, 0.05) is 11.5 Å². The Labute approximate surface area is 143 Å². The molecule has 25 heavy (non-hydrogen) atoms. The highest BCUT2D eigenvalue weighted by molar-refractivity contribution is 5.92. The summed E-state index contributed by atoms with van der Waals surface area (Å²) < 4.78 is 0. The van der Waals surface area contributed by atoms with Crippen LogP contribution in [0.3, 0.4) is 0 Å². The lowest BCUT2D eigenvalue weighted by Gasteiger charge is -2.15. The number of pyridine rings is 1. The highest BCUT2D eigenvalue weighted by Crippen LogP contribution is 2.23. The van der Waals surface area contributed by atoms with E-state index >= 15 is 0 Å². The van der Waals surface area contributed by atoms with Crippen LogP contribution < -0.4 is 10.6 Å². The smallest absolute Gasteiger partial charge is 0.320 e. The van der Waals surface area contributed by atoms with Crippen molar-refractivity contribution in [1.29, 1.82) is 0 Å². The molecular weight excluding hydrogens is 322 g/mol. The van der Waals surface area contributed by atoms with Crippen LogP contribution >= 0.6 is 0 Å². The number of nitrogens with zero attached hydrogens (tertiary/aromatic N) is 2. The van der Waals surface area contributed by atoms with Crippen molar-refractivity contribution in [2.75, 3.05) is 5.32 Å². The minimum absolute atomic E-state index is 0.173. The summed E-state index contributed by atoms with van der Waals surface area (Å²) in [6.45, 7) is 1.31. The maximum atomic E-state index is 12.2. The average Bonchev–Trinajstić information content (AvgIpc) is 3.04. The molecule has 5 N–H and O–H groups in total. The van der Waals surface area contributed by atoms with Crippen molar-refractivity contribution in [2.24, 2.45) is 0 Å². The molecule has 3 rings (SSSR count). The third-order valence-electron chi connectivity index (χ3n) is 3.88. The summed E-state index contributed by atoms with van der Waals surface area (Å²) in [5.41, 5.74) is 2.30. The third kappa shape index (κ3) is 3.59. The van der Waals surface area contributed by atoms with Crippen molar-refractivity contribution in [3.8, 4) is 0 Å². The molecular formula is C17H19N5O3. The van der Waals surface area contributed by atoms with Gasteiger partial charge in [0.05, 0.1) is 36.2 Å². The fourth-order valence-corrected chi connectivity index (χ4v) is 2.65. The molecule has 2 aromatic heterocycles. The third-order valence-corrected chi connectivity index (χ3v) is 3.88. The fourth-order valence-electron chi connectivity index (χ4n) is 2.65. The molecule has 0 unspecified atom stereocenters. The SMILES string of the molecule is C[C@@H](NC(=O)Nc1cc2n[nH]c(CO)c2c(CO)n1)c1ccccc1. The van der Waals surface area contributed by atoms with Crippen molar-refractivity contribution >= 4 is 22.8 Å². The number of amides is 2. The van der Waals surface area contributed by atoms with Gasteiger partial charge in [-0.15, -0.1) is 0 Å². The van der Waals surface area contributed by atoms with Crippen molar-refractivity contribution < 1.29 is 15.0 Å². The molecule has 0 aliphatic heterocycles. The predicted molar refractivity (Wildman–Crippen MR) is 92.7 cm³/mol. The second kappa shape index (κ2) is 7.29. The number of nitrogens with one attached hydrogen (secondary N) is 3. The Morgan fingerprint density at radius 1 is 1.24 bits per heavy atom. The number of aliphatic hydroxyl groups is 2. The lowest BCUT2D eigenvalue weighted by molar-refractivity contribution is 0.249. The van der Waals surface area contributed by atoms with E-state index in [1.165, 1.54) is 0 Å². The molecule has 0 fully saturated rings. The van der Waals surface area contributed by atoms with E-state index < -0.39 is 6.03 Å². The molecule has 0 aliphatic carbocycles. The van der Waals surface area contributed by atoms with Gasteiger partial charge in [0.15, 0.2) is 0 Å². The number of rotatable bonds is 5. The zero-order chi connectivity index (χ0) is 17.8. The standard InChI is InChI=1S/C17H19N5O3/c1-10(11-5-3-2-4-6-11)18-17(25)20-15-7-12-16(13(8-23)19-15)14(9-24)22-21-12/h2-7,10,23-24H,8-9H2,1H3,(H,21,22)(H2,18,19,20,25)/t10-/m1/s1. The summed E-state index contributed by atoms with van der Waals surface area (Å²) in [4.78, 5) is 16.4. The second-order valence-corrected chi connectivity index (χ2v) is 5.60. The fraction of sp³-hybridized carbons (Fsp3) is 0.235. The van der Waals surface area contributed by atoms with Gasteiger partial charge < -0.3 is 15.5 Å². The number of urea groups is 1. The van der Waals surface area contributed by atoms with Crippen molar-refractivity contribution in [2.45, 2.75) is 26.2 Å². The maximum absolute atomic E-state index is 12.2. The van der Waals surface area contributed by atoms with Crippen LogP contribution in [0.5, 0.6) is 0 Å². The summed E-state index contributed by atoms with van der Waals surface area (Å²) in [5.74, 6) is 0.269. The average molecular weight is 341 g/mol. The molecule has 0 saturated carbocycles. The summed E-state index contributed by atoms with van der Waals surface area (Å²) in [5, 5.41) is 31.6. The number of hydrogen-bond acceptors (Lipinski definition) is 5. The predicted octanol–water partition coefficient (Wildman–Crippen LogP) is 1.83. The molecule has 2 amide bonds. The first-order chi connectivity index (χ1) is 12.1. The number of benzene rings is 1. The van der Waals surface area contributed by atoms with E-state index in [9.17, 15) is 15.0 Å². The Kier molecular flexibility index (Phi) is 4.92. The van der Waals surface area contributed by atoms with Gasteiger partial charge in [-0.1, -0.05) is 30.3 Å². The Morgan fingerprint density at radius 2 is 2.00 bits per heavy atom. The molecule has 2 heterocycles. The van der Waals surface area contributed by atoms with Crippen LogP contribution in [-0.4, -0.2) is 31.4 Å². The van der Waals surface area contributed by atoms with E-state index in [-0.39, 0.29) is 25.1 Å². The molecule has 0 aliphatic rings. The quantitative estimate of drug-likeness (QED) is 0.484. The van der Waals surface area contributed by atoms with Gasteiger partial charge in [-0.25, -0.2) is 9.78 Å². The van der Waals surface area contributed by atoms with E-state index in [0.29, 0.717) is 22.3 Å². The molecule has 1 aromatic carbocycles. The summed E-state index contributed by atoms with van der Waals surface area (Å²) >= 11 is 0. The normalized spacial score (nSPS) is 12.1. The molecule has 8 heteroatoms. The molecule has 0 spiro atoms. The molecule has 0 saturated heterocycles. The van der Waals surface area contributed by atoms with E-state index in [1.54, 1.807) is 6.07 Å². The lowest BCUT2D eigenvalue weighted by Crippen LogP contribution is -2.31.